The van der Waals surface area contributed by atoms with Crippen molar-refractivity contribution < 1.29 is 8.42 Å². The van der Waals surface area contributed by atoms with Crippen molar-refractivity contribution in [1.82, 2.24) is 10.2 Å². The van der Waals surface area contributed by atoms with Crippen LogP contribution < -0.4 is 10.5 Å². The Morgan fingerprint density at radius 3 is 2.29 bits per heavy atom. The lowest BCUT2D eigenvalue weighted by Gasteiger charge is -2.22. The lowest BCUT2D eigenvalue weighted by molar-refractivity contribution is 0.299. The van der Waals surface area contributed by atoms with E-state index in [0.29, 0.717) is 6.54 Å². The molecule has 0 radical (unpaired) electrons. The number of nitrogens with one attached hydrogen (secondary N) is 1. The van der Waals surface area contributed by atoms with E-state index < -0.39 is 10.0 Å². The maximum Gasteiger partial charge on any atom is 0.238 e. The van der Waals surface area contributed by atoms with Crippen LogP contribution in [0.15, 0.2) is 34.2 Å². The zero-order chi connectivity index (χ0) is 17.2. The van der Waals surface area contributed by atoms with Crippen LogP contribution in [0.4, 0.5) is 0 Å². The second-order valence-corrected chi connectivity index (χ2v) is 8.36. The van der Waals surface area contributed by atoms with Gasteiger partial charge in [0.05, 0.1) is 4.90 Å². The van der Waals surface area contributed by atoms with E-state index in [9.17, 15) is 8.42 Å². The minimum atomic E-state index is -3.63. The summed E-state index contributed by atoms with van der Waals surface area (Å²) in [6.07, 6.45) is 5.40. The molecule has 2 fully saturated rings. The Labute approximate surface area is 144 Å². The number of likely N-dealkylation sites (tertiary alicyclic amines) is 1. The second kappa shape index (κ2) is 7.11. The van der Waals surface area contributed by atoms with Crippen LogP contribution in [0.5, 0.6) is 0 Å². The van der Waals surface area contributed by atoms with Crippen LogP contribution in [0, 0.1) is 11.8 Å². The summed E-state index contributed by atoms with van der Waals surface area (Å²) < 4.78 is 22.6. The number of fused-ring (bicyclic) bond motifs is 1. The second-order valence-electron chi connectivity index (χ2n) is 6.80. The molecule has 1 aromatic carbocycles. The maximum absolute atomic E-state index is 11.3. The molecule has 0 aromatic heterocycles. The molecule has 2 aliphatic rings. The number of primary sulfonamides is 1. The number of benzene rings is 1. The van der Waals surface area contributed by atoms with Gasteiger partial charge in [-0.3, -0.25) is 4.99 Å². The van der Waals surface area contributed by atoms with E-state index in [2.05, 4.69) is 15.2 Å². The first kappa shape index (κ1) is 17.2. The minimum Gasteiger partial charge on any atom is -0.352 e. The van der Waals surface area contributed by atoms with E-state index in [0.717, 1.165) is 36.4 Å². The van der Waals surface area contributed by atoms with Gasteiger partial charge in [-0.2, -0.15) is 0 Å². The van der Waals surface area contributed by atoms with Crippen LogP contribution in [0.1, 0.15) is 31.2 Å². The van der Waals surface area contributed by atoms with E-state index in [1.54, 1.807) is 24.3 Å². The topological polar surface area (TPSA) is 87.8 Å². The summed E-state index contributed by atoms with van der Waals surface area (Å²) >= 11 is 0. The van der Waals surface area contributed by atoms with E-state index in [4.69, 9.17) is 5.14 Å². The molecule has 6 nitrogen and oxygen atoms in total. The molecule has 1 heterocycles. The Balaban J connectivity index is 1.58. The van der Waals surface area contributed by atoms with Crippen molar-refractivity contribution in [3.8, 4) is 0 Å². The Hall–Kier alpha value is -1.60. The van der Waals surface area contributed by atoms with Gasteiger partial charge in [-0.1, -0.05) is 25.0 Å². The quantitative estimate of drug-likeness (QED) is 0.639. The highest BCUT2D eigenvalue weighted by molar-refractivity contribution is 7.89. The van der Waals surface area contributed by atoms with Crippen LogP contribution in [-0.4, -0.2) is 39.4 Å². The van der Waals surface area contributed by atoms with Crippen molar-refractivity contribution in [2.45, 2.75) is 37.1 Å². The number of rotatable bonds is 3. The van der Waals surface area contributed by atoms with Crippen molar-refractivity contribution in [3.63, 3.8) is 0 Å². The van der Waals surface area contributed by atoms with Crippen LogP contribution in [0.2, 0.25) is 0 Å². The molecular weight excluding hydrogens is 324 g/mol. The van der Waals surface area contributed by atoms with Crippen LogP contribution in [0.3, 0.4) is 0 Å². The number of aliphatic imine (C=N–C) groups is 1. The summed E-state index contributed by atoms with van der Waals surface area (Å²) in [6.45, 7) is 2.80. The molecule has 3 rings (SSSR count). The molecule has 132 valence electrons. The summed E-state index contributed by atoms with van der Waals surface area (Å²) in [4.78, 5) is 6.91. The summed E-state index contributed by atoms with van der Waals surface area (Å²) in [5.74, 6) is 2.55. The standard InChI is InChI=1S/C17H26N4O2S/c1-19-17(21-11-14-4-2-3-5-15(14)12-21)20-10-13-6-8-16(9-7-13)24(18,22)23/h6-9,14-15H,2-5,10-12H2,1H3,(H,19,20)(H2,18,22,23). The molecule has 2 atom stereocenters. The highest BCUT2D eigenvalue weighted by Gasteiger charge is 2.35. The molecule has 0 spiro atoms. The van der Waals surface area contributed by atoms with Crippen LogP contribution >= 0.6 is 0 Å². The van der Waals surface area contributed by atoms with Gasteiger partial charge in [-0.05, 0) is 42.4 Å². The van der Waals surface area contributed by atoms with Gasteiger partial charge in [-0.15, -0.1) is 0 Å². The third-order valence-electron chi connectivity index (χ3n) is 5.19. The molecule has 1 aliphatic carbocycles. The molecule has 2 unspecified atom stereocenters. The summed E-state index contributed by atoms with van der Waals surface area (Å²) in [7, 11) is -1.82. The molecule has 1 aliphatic heterocycles. The number of hydrogen-bond donors (Lipinski definition) is 2. The van der Waals surface area contributed by atoms with E-state index >= 15 is 0 Å². The van der Waals surface area contributed by atoms with Crippen molar-refractivity contribution in [2.24, 2.45) is 22.0 Å². The third kappa shape index (κ3) is 3.89. The zero-order valence-corrected chi connectivity index (χ0v) is 14.9. The zero-order valence-electron chi connectivity index (χ0n) is 14.1. The molecular formula is C17H26N4O2S. The first-order valence-electron chi connectivity index (χ1n) is 8.54. The molecule has 1 aromatic rings. The Bertz CT molecular complexity index is 686. The van der Waals surface area contributed by atoms with Crippen molar-refractivity contribution in [1.29, 1.82) is 0 Å². The lowest BCUT2D eigenvalue weighted by atomic mass is 9.82. The number of nitrogens with two attached hydrogens (primary N) is 1. The van der Waals surface area contributed by atoms with Crippen molar-refractivity contribution in [3.05, 3.63) is 29.8 Å². The Morgan fingerprint density at radius 1 is 1.21 bits per heavy atom. The van der Waals surface area contributed by atoms with Crippen LogP contribution in [-0.2, 0) is 16.6 Å². The Kier molecular flexibility index (Phi) is 5.10. The highest BCUT2D eigenvalue weighted by Crippen LogP contribution is 2.35. The van der Waals surface area contributed by atoms with Gasteiger partial charge in [-0.25, -0.2) is 13.6 Å². The first-order chi connectivity index (χ1) is 11.5. The number of hydrogen-bond acceptors (Lipinski definition) is 3. The molecule has 3 N–H and O–H groups in total. The number of sulfonamides is 1. The van der Waals surface area contributed by atoms with Crippen molar-refractivity contribution in [2.75, 3.05) is 20.1 Å². The molecule has 0 bridgehead atoms. The van der Waals surface area contributed by atoms with Gasteiger partial charge in [0.15, 0.2) is 5.96 Å². The SMILES string of the molecule is CN=C(NCc1ccc(S(N)(=O)=O)cc1)N1CC2CCCCC2C1. The Morgan fingerprint density at radius 2 is 1.79 bits per heavy atom. The monoisotopic (exact) mass is 350 g/mol. The normalized spacial score (nSPS) is 24.8. The van der Waals surface area contributed by atoms with Crippen molar-refractivity contribution >= 4 is 16.0 Å². The maximum atomic E-state index is 11.3. The third-order valence-corrected chi connectivity index (χ3v) is 6.12. The fourth-order valence-electron chi connectivity index (χ4n) is 3.89. The van der Waals surface area contributed by atoms with Gasteiger partial charge in [0.1, 0.15) is 0 Å². The molecule has 24 heavy (non-hydrogen) atoms. The summed E-state index contributed by atoms with van der Waals surface area (Å²) in [5, 5.41) is 8.51. The average molecular weight is 350 g/mol. The van der Waals surface area contributed by atoms with Gasteiger partial charge < -0.3 is 10.2 Å². The lowest BCUT2D eigenvalue weighted by Crippen LogP contribution is -2.39. The van der Waals surface area contributed by atoms with Gasteiger partial charge in [0.25, 0.3) is 0 Å². The van der Waals surface area contributed by atoms with E-state index in [1.807, 2.05) is 7.05 Å². The highest BCUT2D eigenvalue weighted by atomic mass is 32.2. The van der Waals surface area contributed by atoms with Crippen LogP contribution in [0.25, 0.3) is 0 Å². The average Bonchev–Trinajstić information content (AvgIpc) is 2.99. The molecule has 1 saturated carbocycles. The molecule has 0 amide bonds. The van der Waals surface area contributed by atoms with Gasteiger partial charge >= 0.3 is 0 Å². The largest absolute Gasteiger partial charge is 0.352 e. The fraction of sp³-hybridized carbons (Fsp3) is 0.588. The molecule has 1 saturated heterocycles. The summed E-state index contributed by atoms with van der Waals surface area (Å²) in [5.41, 5.74) is 1.00. The predicted octanol–water partition coefficient (Wildman–Crippen LogP) is 1.53. The summed E-state index contributed by atoms with van der Waals surface area (Å²) in [6, 6.07) is 6.65. The van der Waals surface area contributed by atoms with Gasteiger partial charge in [0, 0.05) is 26.7 Å². The van der Waals surface area contributed by atoms with E-state index in [-0.39, 0.29) is 4.90 Å². The first-order valence-corrected chi connectivity index (χ1v) is 10.1. The van der Waals surface area contributed by atoms with Gasteiger partial charge in [0.2, 0.25) is 10.0 Å². The van der Waals surface area contributed by atoms with E-state index in [1.165, 1.54) is 25.7 Å². The smallest absolute Gasteiger partial charge is 0.238 e. The fourth-order valence-corrected chi connectivity index (χ4v) is 4.40. The number of nitrogens with zero attached hydrogens (tertiary/aromatic N) is 2. The molecule has 7 heteroatoms. The predicted molar refractivity (Wildman–Crippen MR) is 95.0 cm³/mol. The minimum absolute atomic E-state index is 0.138. The number of guanidine groups is 1.